The van der Waals surface area contributed by atoms with Crippen LogP contribution in [0.3, 0.4) is 0 Å². The maximum absolute atomic E-state index is 12.5. The van der Waals surface area contributed by atoms with Gasteiger partial charge in [-0.15, -0.1) is 0 Å². The van der Waals surface area contributed by atoms with E-state index in [-0.39, 0.29) is 6.03 Å². The number of hydrogen-bond acceptors (Lipinski definition) is 2. The Balaban J connectivity index is 1.56. The third-order valence-electron chi connectivity index (χ3n) is 5.65. The van der Waals surface area contributed by atoms with Gasteiger partial charge < -0.3 is 14.9 Å². The van der Waals surface area contributed by atoms with E-state index in [4.69, 9.17) is 0 Å². The average Bonchev–Trinajstić information content (AvgIpc) is 2.99. The van der Waals surface area contributed by atoms with Crippen molar-refractivity contribution in [2.24, 2.45) is 17.3 Å². The molecule has 0 spiro atoms. The molecule has 112 valence electrons. The van der Waals surface area contributed by atoms with Crippen LogP contribution in [-0.2, 0) is 4.79 Å². The van der Waals surface area contributed by atoms with Gasteiger partial charge in [0.25, 0.3) is 0 Å². The van der Waals surface area contributed by atoms with Crippen molar-refractivity contribution in [1.29, 1.82) is 0 Å². The number of carbonyl (C=O) groups excluding carboxylic acids is 1. The molecule has 5 nitrogen and oxygen atoms in total. The largest absolute Gasteiger partial charge is 0.481 e. The first-order valence-corrected chi connectivity index (χ1v) is 7.77. The highest BCUT2D eigenvalue weighted by Crippen LogP contribution is 2.38. The number of urea groups is 1. The average molecular weight is 280 g/mol. The summed E-state index contributed by atoms with van der Waals surface area (Å²) in [4.78, 5) is 27.6. The quantitative estimate of drug-likeness (QED) is 0.799. The molecule has 0 radical (unpaired) electrons. The molecule has 2 aliphatic heterocycles. The van der Waals surface area contributed by atoms with Crippen LogP contribution in [0.4, 0.5) is 4.79 Å². The van der Waals surface area contributed by atoms with E-state index in [0.29, 0.717) is 37.8 Å². The molecule has 2 amide bonds. The number of nitrogens with zero attached hydrogens (tertiary/aromatic N) is 2. The Morgan fingerprint density at radius 1 is 1.05 bits per heavy atom. The van der Waals surface area contributed by atoms with E-state index in [9.17, 15) is 14.7 Å². The molecule has 2 unspecified atom stereocenters. The van der Waals surface area contributed by atoms with E-state index in [1.165, 1.54) is 19.3 Å². The fourth-order valence-corrected chi connectivity index (χ4v) is 4.00. The Labute approximate surface area is 119 Å². The Morgan fingerprint density at radius 3 is 2.10 bits per heavy atom. The van der Waals surface area contributed by atoms with Crippen molar-refractivity contribution < 1.29 is 14.7 Å². The smallest absolute Gasteiger partial charge is 0.320 e. The number of carboxylic acid groups (broad SMARTS) is 1. The van der Waals surface area contributed by atoms with Crippen molar-refractivity contribution in [2.45, 2.75) is 39.0 Å². The van der Waals surface area contributed by atoms with Gasteiger partial charge in [0.2, 0.25) is 0 Å². The van der Waals surface area contributed by atoms with Gasteiger partial charge >= 0.3 is 12.0 Å². The molecule has 0 aromatic carbocycles. The minimum atomic E-state index is -0.736. The first kappa shape index (κ1) is 13.7. The van der Waals surface area contributed by atoms with Crippen LogP contribution in [0.25, 0.3) is 0 Å². The van der Waals surface area contributed by atoms with E-state index in [1.54, 1.807) is 6.92 Å². The molecule has 5 heteroatoms. The van der Waals surface area contributed by atoms with Gasteiger partial charge in [-0.2, -0.15) is 0 Å². The predicted molar refractivity (Wildman–Crippen MR) is 74.3 cm³/mol. The third-order valence-corrected chi connectivity index (χ3v) is 5.65. The predicted octanol–water partition coefficient (Wildman–Crippen LogP) is 2.03. The first-order valence-electron chi connectivity index (χ1n) is 7.77. The Morgan fingerprint density at radius 2 is 1.60 bits per heavy atom. The molecule has 2 heterocycles. The van der Waals surface area contributed by atoms with E-state index in [2.05, 4.69) is 0 Å². The van der Waals surface area contributed by atoms with Crippen LogP contribution in [-0.4, -0.2) is 53.1 Å². The maximum Gasteiger partial charge on any atom is 0.320 e. The lowest BCUT2D eigenvalue weighted by Gasteiger charge is -2.38. The first-order chi connectivity index (χ1) is 9.49. The molecule has 0 aromatic rings. The zero-order chi connectivity index (χ0) is 14.3. The SMILES string of the molecule is CC1(C(=O)O)CCN(C(=O)N2CC3CCCC3C2)CC1. The fourth-order valence-electron chi connectivity index (χ4n) is 4.00. The van der Waals surface area contributed by atoms with Crippen molar-refractivity contribution in [2.75, 3.05) is 26.2 Å². The molecule has 1 saturated carbocycles. The number of piperidine rings is 1. The molecule has 3 aliphatic rings. The van der Waals surface area contributed by atoms with E-state index in [0.717, 1.165) is 13.1 Å². The van der Waals surface area contributed by atoms with Crippen LogP contribution < -0.4 is 0 Å². The summed E-state index contributed by atoms with van der Waals surface area (Å²) in [6, 6.07) is 0.131. The lowest BCUT2D eigenvalue weighted by Crippen LogP contribution is -2.49. The molecule has 2 saturated heterocycles. The number of fused-ring (bicyclic) bond motifs is 1. The molecule has 3 fully saturated rings. The van der Waals surface area contributed by atoms with Crippen molar-refractivity contribution >= 4 is 12.0 Å². The monoisotopic (exact) mass is 280 g/mol. The van der Waals surface area contributed by atoms with Gasteiger partial charge in [-0.3, -0.25) is 4.79 Å². The summed E-state index contributed by atoms with van der Waals surface area (Å²) in [7, 11) is 0. The molecule has 1 aliphatic carbocycles. The lowest BCUT2D eigenvalue weighted by molar-refractivity contribution is -0.150. The zero-order valence-corrected chi connectivity index (χ0v) is 12.2. The highest BCUT2D eigenvalue weighted by molar-refractivity contribution is 5.77. The van der Waals surface area contributed by atoms with E-state index >= 15 is 0 Å². The van der Waals surface area contributed by atoms with Gasteiger partial charge in [0.05, 0.1) is 5.41 Å². The van der Waals surface area contributed by atoms with Crippen molar-refractivity contribution in [3.05, 3.63) is 0 Å². The summed E-state index contributed by atoms with van der Waals surface area (Å²) in [6.07, 6.45) is 4.98. The molecule has 0 bridgehead atoms. The van der Waals surface area contributed by atoms with Crippen molar-refractivity contribution in [3.8, 4) is 0 Å². The molecule has 20 heavy (non-hydrogen) atoms. The summed E-state index contributed by atoms with van der Waals surface area (Å²) in [5.41, 5.74) is -0.654. The van der Waals surface area contributed by atoms with Crippen LogP contribution >= 0.6 is 0 Å². The second-order valence-corrected chi connectivity index (χ2v) is 6.99. The Kier molecular flexibility index (Phi) is 3.38. The van der Waals surface area contributed by atoms with Gasteiger partial charge in [-0.25, -0.2) is 4.79 Å². The fraction of sp³-hybridized carbons (Fsp3) is 0.867. The lowest BCUT2D eigenvalue weighted by atomic mass is 9.80. The van der Waals surface area contributed by atoms with Crippen molar-refractivity contribution in [1.82, 2.24) is 9.80 Å². The summed E-state index contributed by atoms with van der Waals surface area (Å²) in [5.74, 6) is 0.696. The molecule has 3 rings (SSSR count). The highest BCUT2D eigenvalue weighted by atomic mass is 16.4. The van der Waals surface area contributed by atoms with Crippen LogP contribution in [0.5, 0.6) is 0 Å². The van der Waals surface area contributed by atoms with Crippen LogP contribution in [0.15, 0.2) is 0 Å². The maximum atomic E-state index is 12.5. The molecule has 0 aromatic heterocycles. The number of amides is 2. The summed E-state index contributed by atoms with van der Waals surface area (Å²) in [5, 5.41) is 9.23. The standard InChI is InChI=1S/C15H24N2O3/c1-15(13(18)19)5-7-16(8-6-15)14(20)17-9-11-3-2-4-12(11)10-17/h11-12H,2-10H2,1H3,(H,18,19). The number of likely N-dealkylation sites (tertiary alicyclic amines) is 2. The van der Waals surface area contributed by atoms with E-state index in [1.807, 2.05) is 9.80 Å². The normalized spacial score (nSPS) is 32.2. The Hall–Kier alpha value is -1.26. The number of aliphatic carboxylic acids is 1. The molecule has 2 atom stereocenters. The number of carbonyl (C=O) groups is 2. The minimum absolute atomic E-state index is 0.131. The van der Waals surface area contributed by atoms with Crippen LogP contribution in [0.2, 0.25) is 0 Å². The summed E-state index contributed by atoms with van der Waals surface area (Å²) < 4.78 is 0. The number of carboxylic acids is 1. The van der Waals surface area contributed by atoms with Crippen molar-refractivity contribution in [3.63, 3.8) is 0 Å². The van der Waals surface area contributed by atoms with Gasteiger partial charge in [0.15, 0.2) is 0 Å². The number of hydrogen-bond donors (Lipinski definition) is 1. The second-order valence-electron chi connectivity index (χ2n) is 6.99. The van der Waals surface area contributed by atoms with Gasteiger partial charge in [-0.1, -0.05) is 6.42 Å². The third kappa shape index (κ3) is 2.27. The van der Waals surface area contributed by atoms with Crippen LogP contribution in [0, 0.1) is 17.3 Å². The summed E-state index contributed by atoms with van der Waals surface area (Å²) >= 11 is 0. The zero-order valence-electron chi connectivity index (χ0n) is 12.2. The van der Waals surface area contributed by atoms with Crippen LogP contribution in [0.1, 0.15) is 39.0 Å². The Bertz CT molecular complexity index is 403. The second kappa shape index (κ2) is 4.93. The summed E-state index contributed by atoms with van der Waals surface area (Å²) in [6.45, 7) is 4.77. The molecular weight excluding hydrogens is 256 g/mol. The van der Waals surface area contributed by atoms with Gasteiger partial charge in [0, 0.05) is 26.2 Å². The van der Waals surface area contributed by atoms with Gasteiger partial charge in [0.1, 0.15) is 0 Å². The number of rotatable bonds is 1. The van der Waals surface area contributed by atoms with Gasteiger partial charge in [-0.05, 0) is 44.4 Å². The highest BCUT2D eigenvalue weighted by Gasteiger charge is 2.42. The minimum Gasteiger partial charge on any atom is -0.481 e. The van der Waals surface area contributed by atoms with E-state index < -0.39 is 11.4 Å². The molecular formula is C15H24N2O3. The molecule has 1 N–H and O–H groups in total. The topological polar surface area (TPSA) is 60.9 Å².